The summed E-state index contributed by atoms with van der Waals surface area (Å²) in [6, 6.07) is 2.94. The molecular formula is C11H13N3O3. The van der Waals surface area contributed by atoms with Gasteiger partial charge in [-0.3, -0.25) is 14.9 Å². The Labute approximate surface area is 98.3 Å². The summed E-state index contributed by atoms with van der Waals surface area (Å²) in [5.74, 6) is -0.232. The molecule has 0 aliphatic carbocycles. The highest BCUT2D eigenvalue weighted by Gasteiger charge is 2.31. The number of anilines is 1. The molecule has 1 saturated heterocycles. The molecule has 0 saturated carbocycles. The van der Waals surface area contributed by atoms with E-state index in [-0.39, 0.29) is 25.0 Å². The lowest BCUT2D eigenvalue weighted by molar-refractivity contribution is -0.132. The third-order valence-corrected chi connectivity index (χ3v) is 2.73. The lowest BCUT2D eigenvalue weighted by Crippen LogP contribution is -2.57. The zero-order valence-corrected chi connectivity index (χ0v) is 9.38. The van der Waals surface area contributed by atoms with Crippen molar-refractivity contribution in [3.05, 3.63) is 23.9 Å². The highest BCUT2D eigenvalue weighted by atomic mass is 16.3. The molecule has 90 valence electrons. The van der Waals surface area contributed by atoms with Crippen molar-refractivity contribution in [2.75, 3.05) is 11.4 Å². The van der Waals surface area contributed by atoms with Crippen LogP contribution in [0.1, 0.15) is 12.5 Å². The van der Waals surface area contributed by atoms with Crippen LogP contribution in [0.4, 0.5) is 5.82 Å². The predicted octanol–water partition coefficient (Wildman–Crippen LogP) is -0.575. The van der Waals surface area contributed by atoms with E-state index in [1.807, 2.05) is 0 Å². The van der Waals surface area contributed by atoms with Crippen LogP contribution in [0.25, 0.3) is 0 Å². The molecule has 1 aliphatic heterocycles. The Morgan fingerprint density at radius 2 is 2.35 bits per heavy atom. The number of rotatable bonds is 2. The third-order valence-electron chi connectivity index (χ3n) is 2.73. The highest BCUT2D eigenvalue weighted by molar-refractivity contribution is 6.04. The molecule has 1 aromatic heterocycles. The molecule has 1 atom stereocenters. The highest BCUT2D eigenvalue weighted by Crippen LogP contribution is 2.20. The van der Waals surface area contributed by atoms with Crippen LogP contribution in [0.2, 0.25) is 0 Å². The van der Waals surface area contributed by atoms with Crippen LogP contribution in [0.5, 0.6) is 0 Å². The van der Waals surface area contributed by atoms with E-state index in [1.54, 1.807) is 30.2 Å². The second-order valence-electron chi connectivity index (χ2n) is 3.86. The van der Waals surface area contributed by atoms with Crippen LogP contribution >= 0.6 is 0 Å². The number of carbonyl (C=O) groups excluding carboxylic acids is 2. The largest absolute Gasteiger partial charge is 0.392 e. The van der Waals surface area contributed by atoms with Gasteiger partial charge in [0.15, 0.2) is 0 Å². The molecule has 0 bridgehead atoms. The number of amides is 2. The number of nitrogens with zero attached hydrogens (tertiary/aromatic N) is 2. The molecule has 1 aromatic rings. The molecule has 2 amide bonds. The Morgan fingerprint density at radius 3 is 3.06 bits per heavy atom. The van der Waals surface area contributed by atoms with Crippen molar-refractivity contribution in [3.8, 4) is 0 Å². The summed E-state index contributed by atoms with van der Waals surface area (Å²) in [5, 5.41) is 11.5. The molecule has 2 rings (SSSR count). The lowest BCUT2D eigenvalue weighted by Gasteiger charge is -2.33. The smallest absolute Gasteiger partial charge is 0.249 e. The number of nitrogens with one attached hydrogen (secondary N) is 1. The average molecular weight is 235 g/mol. The lowest BCUT2D eigenvalue weighted by atomic mass is 10.1. The van der Waals surface area contributed by atoms with Crippen molar-refractivity contribution in [2.24, 2.45) is 0 Å². The number of imide groups is 1. The van der Waals surface area contributed by atoms with Crippen molar-refractivity contribution in [1.29, 1.82) is 0 Å². The van der Waals surface area contributed by atoms with Crippen molar-refractivity contribution >= 4 is 17.6 Å². The second kappa shape index (κ2) is 4.50. The summed E-state index contributed by atoms with van der Waals surface area (Å²) in [7, 11) is 0. The summed E-state index contributed by atoms with van der Waals surface area (Å²) in [6.07, 6.45) is 1.57. The van der Waals surface area contributed by atoms with Crippen LogP contribution in [0.3, 0.4) is 0 Å². The normalized spacial score (nSPS) is 20.4. The molecule has 2 N–H and O–H groups in total. The van der Waals surface area contributed by atoms with Gasteiger partial charge in [-0.15, -0.1) is 0 Å². The Balaban J connectivity index is 2.37. The van der Waals surface area contributed by atoms with Crippen LogP contribution in [0.15, 0.2) is 18.3 Å². The van der Waals surface area contributed by atoms with E-state index in [4.69, 9.17) is 0 Å². The first-order valence-corrected chi connectivity index (χ1v) is 5.28. The first-order valence-electron chi connectivity index (χ1n) is 5.28. The molecule has 1 unspecified atom stereocenters. The molecular weight excluding hydrogens is 222 g/mol. The number of pyridine rings is 1. The summed E-state index contributed by atoms with van der Waals surface area (Å²) >= 11 is 0. The second-order valence-corrected chi connectivity index (χ2v) is 3.86. The van der Waals surface area contributed by atoms with Gasteiger partial charge in [0.2, 0.25) is 11.8 Å². The van der Waals surface area contributed by atoms with Crippen molar-refractivity contribution in [3.63, 3.8) is 0 Å². The molecule has 1 aliphatic rings. The Kier molecular flexibility index (Phi) is 3.06. The maximum Gasteiger partial charge on any atom is 0.249 e. The van der Waals surface area contributed by atoms with E-state index in [0.717, 1.165) is 0 Å². The average Bonchev–Trinajstić information content (AvgIpc) is 2.33. The van der Waals surface area contributed by atoms with Crippen LogP contribution in [0, 0.1) is 0 Å². The number of aliphatic hydroxyl groups excluding tert-OH is 1. The Morgan fingerprint density at radius 1 is 1.59 bits per heavy atom. The molecule has 0 aromatic carbocycles. The van der Waals surface area contributed by atoms with E-state index < -0.39 is 6.04 Å². The number of aliphatic hydroxyl groups is 1. The van der Waals surface area contributed by atoms with Gasteiger partial charge in [-0.2, -0.15) is 0 Å². The van der Waals surface area contributed by atoms with Gasteiger partial charge >= 0.3 is 0 Å². The molecule has 6 heteroatoms. The molecule has 0 radical (unpaired) electrons. The van der Waals surface area contributed by atoms with E-state index >= 15 is 0 Å². The van der Waals surface area contributed by atoms with Gasteiger partial charge in [-0.1, -0.05) is 6.07 Å². The summed E-state index contributed by atoms with van der Waals surface area (Å²) in [6.45, 7) is 1.58. The SMILES string of the molecule is CC1C(=O)NC(=O)CN1c1ncccc1CO. The van der Waals surface area contributed by atoms with Crippen LogP contribution in [-0.2, 0) is 16.2 Å². The van der Waals surface area contributed by atoms with Crippen molar-refractivity contribution < 1.29 is 14.7 Å². The van der Waals surface area contributed by atoms with Crippen molar-refractivity contribution in [2.45, 2.75) is 19.6 Å². The van der Waals surface area contributed by atoms with E-state index in [1.165, 1.54) is 0 Å². The zero-order chi connectivity index (χ0) is 12.4. The maximum absolute atomic E-state index is 11.5. The predicted molar refractivity (Wildman–Crippen MR) is 60.1 cm³/mol. The van der Waals surface area contributed by atoms with Crippen LogP contribution < -0.4 is 10.2 Å². The first-order chi connectivity index (χ1) is 8.13. The minimum Gasteiger partial charge on any atom is -0.392 e. The van der Waals surface area contributed by atoms with Gasteiger partial charge in [0, 0.05) is 11.8 Å². The number of hydrogen-bond donors (Lipinski definition) is 2. The van der Waals surface area contributed by atoms with Crippen LogP contribution in [-0.4, -0.2) is 34.5 Å². The van der Waals surface area contributed by atoms with Gasteiger partial charge in [0.1, 0.15) is 11.9 Å². The first kappa shape index (κ1) is 11.5. The minimum absolute atomic E-state index is 0.0664. The maximum atomic E-state index is 11.5. The fourth-order valence-corrected chi connectivity index (χ4v) is 1.79. The van der Waals surface area contributed by atoms with Crippen molar-refractivity contribution in [1.82, 2.24) is 10.3 Å². The summed E-state index contributed by atoms with van der Waals surface area (Å²) in [4.78, 5) is 28.6. The Hall–Kier alpha value is -1.95. The number of piperazine rings is 1. The molecule has 2 heterocycles. The monoisotopic (exact) mass is 235 g/mol. The molecule has 17 heavy (non-hydrogen) atoms. The number of carbonyl (C=O) groups is 2. The fraction of sp³-hybridized carbons (Fsp3) is 0.364. The van der Waals surface area contributed by atoms with Gasteiger partial charge in [0.05, 0.1) is 13.2 Å². The standard InChI is InChI=1S/C11H13N3O3/c1-7-11(17)13-9(16)5-14(7)10-8(6-15)3-2-4-12-10/h2-4,7,15H,5-6H2,1H3,(H,13,16,17). The van der Waals surface area contributed by atoms with E-state index in [9.17, 15) is 14.7 Å². The van der Waals surface area contributed by atoms with Gasteiger partial charge < -0.3 is 10.0 Å². The molecule has 1 fully saturated rings. The molecule has 0 spiro atoms. The fourth-order valence-electron chi connectivity index (χ4n) is 1.79. The minimum atomic E-state index is -0.479. The Bertz CT molecular complexity index is 461. The van der Waals surface area contributed by atoms with Gasteiger partial charge in [-0.25, -0.2) is 4.98 Å². The topological polar surface area (TPSA) is 82.5 Å². The summed E-state index contributed by atoms with van der Waals surface area (Å²) < 4.78 is 0. The summed E-state index contributed by atoms with van der Waals surface area (Å²) in [5.41, 5.74) is 0.599. The zero-order valence-electron chi connectivity index (χ0n) is 9.38. The third kappa shape index (κ3) is 2.12. The molecule has 6 nitrogen and oxygen atoms in total. The van der Waals surface area contributed by atoms with E-state index in [2.05, 4.69) is 10.3 Å². The van der Waals surface area contributed by atoms with Gasteiger partial charge in [-0.05, 0) is 13.0 Å². The quantitative estimate of drug-likeness (QED) is 0.670. The van der Waals surface area contributed by atoms with Gasteiger partial charge in [0.25, 0.3) is 0 Å². The number of aromatic nitrogens is 1. The van der Waals surface area contributed by atoms with E-state index in [0.29, 0.717) is 11.4 Å². The number of hydrogen-bond acceptors (Lipinski definition) is 5.